The maximum absolute atomic E-state index is 13.0. The van der Waals surface area contributed by atoms with Gasteiger partial charge in [0.1, 0.15) is 11.5 Å². The number of nitrogens with one attached hydrogen (secondary N) is 1. The maximum atomic E-state index is 13.0. The molecule has 0 aliphatic carbocycles. The molecule has 1 aliphatic heterocycles. The third-order valence-corrected chi connectivity index (χ3v) is 4.20. The van der Waals surface area contributed by atoms with Crippen LogP contribution in [0.25, 0.3) is 11.3 Å². The third kappa shape index (κ3) is 2.74. The molecule has 1 aliphatic rings. The van der Waals surface area contributed by atoms with E-state index in [9.17, 15) is 9.18 Å². The molecule has 2 unspecified atom stereocenters. The summed E-state index contributed by atoms with van der Waals surface area (Å²) in [7, 11) is 0. The van der Waals surface area contributed by atoms with E-state index in [1.807, 2.05) is 11.8 Å². The quantitative estimate of drug-likeness (QED) is 0.911. The molecule has 3 rings (SSSR count). The molecule has 0 bridgehead atoms. The van der Waals surface area contributed by atoms with E-state index >= 15 is 0 Å². The van der Waals surface area contributed by atoms with Gasteiger partial charge in [-0.25, -0.2) is 4.39 Å². The van der Waals surface area contributed by atoms with Crippen LogP contribution in [0.3, 0.4) is 0 Å². The smallest absolute Gasteiger partial charge is 0.272 e. The van der Waals surface area contributed by atoms with E-state index in [1.165, 1.54) is 12.1 Å². The average Bonchev–Trinajstić information content (AvgIpc) is 3.14. The Hall–Kier alpha value is -2.21. The van der Waals surface area contributed by atoms with Crippen molar-refractivity contribution < 1.29 is 9.18 Å². The molecule has 5 nitrogen and oxygen atoms in total. The van der Waals surface area contributed by atoms with Gasteiger partial charge in [-0.1, -0.05) is 0 Å². The summed E-state index contributed by atoms with van der Waals surface area (Å²) in [6, 6.07) is 7.92. The molecule has 116 valence electrons. The van der Waals surface area contributed by atoms with Crippen molar-refractivity contribution in [1.82, 2.24) is 15.1 Å². The van der Waals surface area contributed by atoms with Gasteiger partial charge in [-0.05, 0) is 56.1 Å². The van der Waals surface area contributed by atoms with Crippen LogP contribution in [0.1, 0.15) is 23.8 Å². The third-order valence-electron chi connectivity index (χ3n) is 4.20. The number of carbonyl (C=O) groups is 1. The van der Waals surface area contributed by atoms with Crippen molar-refractivity contribution in [3.05, 3.63) is 41.8 Å². The van der Waals surface area contributed by atoms with Crippen LogP contribution < -0.4 is 5.73 Å². The van der Waals surface area contributed by atoms with E-state index in [4.69, 9.17) is 5.73 Å². The van der Waals surface area contributed by atoms with E-state index in [-0.39, 0.29) is 17.8 Å². The molecule has 2 atom stereocenters. The summed E-state index contributed by atoms with van der Waals surface area (Å²) in [6.07, 6.45) is 0.932. The van der Waals surface area contributed by atoms with E-state index in [2.05, 4.69) is 10.2 Å². The second-order valence-corrected chi connectivity index (χ2v) is 5.82. The summed E-state index contributed by atoms with van der Waals surface area (Å²) in [5, 5.41) is 6.94. The first-order valence-corrected chi connectivity index (χ1v) is 7.41. The van der Waals surface area contributed by atoms with Crippen LogP contribution in [0.15, 0.2) is 30.3 Å². The summed E-state index contributed by atoms with van der Waals surface area (Å²) >= 11 is 0. The second kappa shape index (κ2) is 5.88. The molecular weight excluding hydrogens is 283 g/mol. The summed E-state index contributed by atoms with van der Waals surface area (Å²) in [5.41, 5.74) is 7.55. The topological polar surface area (TPSA) is 75.0 Å². The average molecular weight is 302 g/mol. The zero-order valence-corrected chi connectivity index (χ0v) is 12.4. The Morgan fingerprint density at radius 3 is 2.82 bits per heavy atom. The second-order valence-electron chi connectivity index (χ2n) is 5.82. The zero-order valence-electron chi connectivity index (χ0n) is 12.4. The molecule has 22 heavy (non-hydrogen) atoms. The molecule has 0 radical (unpaired) electrons. The number of rotatable bonds is 3. The van der Waals surface area contributed by atoms with Crippen LogP contribution in [0.5, 0.6) is 0 Å². The predicted octanol–water partition coefficient (Wildman–Crippen LogP) is 2.03. The SMILES string of the molecule is CC1CC(CN)CN1C(=O)c1cc(-c2ccc(F)cc2)n[nH]1. The van der Waals surface area contributed by atoms with E-state index < -0.39 is 0 Å². The minimum Gasteiger partial charge on any atom is -0.334 e. The number of halogens is 1. The van der Waals surface area contributed by atoms with E-state index in [1.54, 1.807) is 18.2 Å². The van der Waals surface area contributed by atoms with Gasteiger partial charge in [-0.3, -0.25) is 9.89 Å². The molecule has 6 heteroatoms. The number of likely N-dealkylation sites (tertiary alicyclic amines) is 1. The minimum atomic E-state index is -0.297. The lowest BCUT2D eigenvalue weighted by molar-refractivity contribution is 0.0737. The van der Waals surface area contributed by atoms with Crippen molar-refractivity contribution >= 4 is 5.91 Å². The van der Waals surface area contributed by atoms with Gasteiger partial charge in [-0.15, -0.1) is 0 Å². The lowest BCUT2D eigenvalue weighted by Gasteiger charge is -2.20. The minimum absolute atomic E-state index is 0.0655. The Balaban J connectivity index is 1.79. The summed E-state index contributed by atoms with van der Waals surface area (Å²) < 4.78 is 13.0. The number of nitrogens with two attached hydrogens (primary N) is 1. The van der Waals surface area contributed by atoms with Crippen LogP contribution in [0, 0.1) is 11.7 Å². The normalized spacial score (nSPS) is 21.3. The molecule has 1 amide bonds. The fraction of sp³-hybridized carbons (Fsp3) is 0.375. The van der Waals surface area contributed by atoms with Gasteiger partial charge >= 0.3 is 0 Å². The van der Waals surface area contributed by atoms with Crippen LogP contribution in [0.4, 0.5) is 4.39 Å². The Labute approximate surface area is 128 Å². The van der Waals surface area contributed by atoms with Gasteiger partial charge in [0.15, 0.2) is 0 Å². The number of aromatic nitrogens is 2. The highest BCUT2D eigenvalue weighted by molar-refractivity contribution is 5.93. The number of aromatic amines is 1. The van der Waals surface area contributed by atoms with Gasteiger partial charge in [0, 0.05) is 18.2 Å². The molecule has 1 aromatic carbocycles. The molecule has 1 saturated heterocycles. The lowest BCUT2D eigenvalue weighted by Crippen LogP contribution is -2.34. The first kappa shape index (κ1) is 14.7. The van der Waals surface area contributed by atoms with Crippen LogP contribution in [-0.4, -0.2) is 40.1 Å². The number of carbonyl (C=O) groups excluding carboxylic acids is 1. The van der Waals surface area contributed by atoms with E-state index in [0.29, 0.717) is 30.4 Å². The van der Waals surface area contributed by atoms with Gasteiger partial charge in [0.2, 0.25) is 0 Å². The van der Waals surface area contributed by atoms with Crippen molar-refractivity contribution in [2.45, 2.75) is 19.4 Å². The number of nitrogens with zero attached hydrogens (tertiary/aromatic N) is 2. The monoisotopic (exact) mass is 302 g/mol. The predicted molar refractivity (Wildman–Crippen MR) is 81.6 cm³/mol. The van der Waals surface area contributed by atoms with Crippen molar-refractivity contribution in [3.8, 4) is 11.3 Å². The Morgan fingerprint density at radius 2 is 2.18 bits per heavy atom. The summed E-state index contributed by atoms with van der Waals surface area (Å²) in [6.45, 7) is 3.31. The Bertz CT molecular complexity index is 667. The number of amides is 1. The van der Waals surface area contributed by atoms with Crippen LogP contribution in [-0.2, 0) is 0 Å². The number of hydrogen-bond acceptors (Lipinski definition) is 3. The molecule has 2 aromatic rings. The van der Waals surface area contributed by atoms with Gasteiger partial charge in [-0.2, -0.15) is 5.10 Å². The van der Waals surface area contributed by atoms with Crippen LogP contribution >= 0.6 is 0 Å². The molecule has 1 fully saturated rings. The lowest BCUT2D eigenvalue weighted by atomic mass is 10.1. The number of hydrogen-bond donors (Lipinski definition) is 2. The molecule has 2 heterocycles. The molecule has 3 N–H and O–H groups in total. The van der Waals surface area contributed by atoms with Crippen molar-refractivity contribution in [3.63, 3.8) is 0 Å². The fourth-order valence-electron chi connectivity index (χ4n) is 2.95. The molecular formula is C16H19FN4O. The summed E-state index contributed by atoms with van der Waals surface area (Å²) in [4.78, 5) is 14.4. The highest BCUT2D eigenvalue weighted by atomic mass is 19.1. The van der Waals surface area contributed by atoms with Crippen molar-refractivity contribution in [2.75, 3.05) is 13.1 Å². The van der Waals surface area contributed by atoms with Crippen molar-refractivity contribution in [2.24, 2.45) is 11.7 Å². The first-order chi connectivity index (χ1) is 10.6. The highest BCUT2D eigenvalue weighted by Gasteiger charge is 2.32. The Kier molecular flexibility index (Phi) is 3.94. The number of benzene rings is 1. The largest absolute Gasteiger partial charge is 0.334 e. The van der Waals surface area contributed by atoms with Gasteiger partial charge in [0.25, 0.3) is 5.91 Å². The van der Waals surface area contributed by atoms with Crippen LogP contribution in [0.2, 0.25) is 0 Å². The molecule has 0 spiro atoms. The van der Waals surface area contributed by atoms with Crippen molar-refractivity contribution in [1.29, 1.82) is 0 Å². The molecule has 1 aromatic heterocycles. The standard InChI is InChI=1S/C16H19FN4O/c1-10-6-11(8-18)9-21(10)16(22)15-7-14(19-20-15)12-2-4-13(17)5-3-12/h2-5,7,10-11H,6,8-9,18H2,1H3,(H,19,20). The Morgan fingerprint density at radius 1 is 1.45 bits per heavy atom. The summed E-state index contributed by atoms with van der Waals surface area (Å²) in [5.74, 6) is -0.00273. The van der Waals surface area contributed by atoms with Gasteiger partial charge in [0.05, 0.1) is 5.69 Å². The highest BCUT2D eigenvalue weighted by Crippen LogP contribution is 2.25. The zero-order chi connectivity index (χ0) is 15.7. The number of H-pyrrole nitrogens is 1. The van der Waals surface area contributed by atoms with Gasteiger partial charge < -0.3 is 10.6 Å². The molecule has 0 saturated carbocycles. The maximum Gasteiger partial charge on any atom is 0.272 e. The fourth-order valence-corrected chi connectivity index (χ4v) is 2.95. The first-order valence-electron chi connectivity index (χ1n) is 7.41. The van der Waals surface area contributed by atoms with E-state index in [0.717, 1.165) is 12.0 Å².